The van der Waals surface area contributed by atoms with Gasteiger partial charge in [0.1, 0.15) is 5.82 Å². The van der Waals surface area contributed by atoms with E-state index in [1.54, 1.807) is 40.5 Å². The van der Waals surface area contributed by atoms with Crippen LogP contribution >= 0.6 is 11.6 Å². The fraction of sp³-hybridized carbons (Fsp3) is 0.259. The highest BCUT2D eigenvalue weighted by Gasteiger charge is 2.27. The lowest BCUT2D eigenvalue weighted by molar-refractivity contribution is 0.0966. The monoisotopic (exact) mass is 576 g/mol. The predicted molar refractivity (Wildman–Crippen MR) is 153 cm³/mol. The molecule has 4 aromatic heterocycles. The molecule has 5 rings (SSSR count). The maximum atomic E-state index is 13.6. The lowest BCUT2D eigenvalue weighted by Gasteiger charge is -2.14. The van der Waals surface area contributed by atoms with Gasteiger partial charge in [0.2, 0.25) is 0 Å². The van der Waals surface area contributed by atoms with Gasteiger partial charge < -0.3 is 0 Å². The van der Waals surface area contributed by atoms with Crippen molar-refractivity contribution in [2.24, 2.45) is 0 Å². The van der Waals surface area contributed by atoms with Crippen molar-refractivity contribution in [1.82, 2.24) is 38.7 Å². The van der Waals surface area contributed by atoms with Gasteiger partial charge in [-0.2, -0.15) is 9.78 Å². The lowest BCUT2D eigenvalue weighted by atomic mass is 10.3. The molecule has 14 heteroatoms. The molecule has 0 atom stereocenters. The standard InChI is InChI=1S/C27H29ClN10O3/c1-16-9-10-17(2)36(16)31-25(39)23-24(26(40)32-37-18(3)11-12-19(37)4)35(33-29-23)14-13-34-20(5)30-38(27(34)41)22-8-6-7-21(28)15-22/h6-12,15H,13-14H2,1-5H3,(H,31,39)(H,32,40). The molecule has 13 nitrogen and oxygen atoms in total. The first-order valence-electron chi connectivity index (χ1n) is 12.8. The summed E-state index contributed by atoms with van der Waals surface area (Å²) in [6.07, 6.45) is 0. The van der Waals surface area contributed by atoms with Crippen LogP contribution in [-0.4, -0.2) is 50.5 Å². The molecule has 0 saturated carbocycles. The molecule has 0 radical (unpaired) electrons. The van der Waals surface area contributed by atoms with Crippen molar-refractivity contribution in [2.45, 2.75) is 47.7 Å². The predicted octanol–water partition coefficient (Wildman–Crippen LogP) is 2.89. The van der Waals surface area contributed by atoms with Crippen LogP contribution in [-0.2, 0) is 13.1 Å². The Balaban J connectivity index is 1.48. The van der Waals surface area contributed by atoms with E-state index >= 15 is 0 Å². The third-order valence-corrected chi connectivity index (χ3v) is 7.00. The van der Waals surface area contributed by atoms with Crippen LogP contribution in [0.5, 0.6) is 0 Å². The van der Waals surface area contributed by atoms with Crippen molar-refractivity contribution in [2.75, 3.05) is 10.9 Å². The number of nitrogens with one attached hydrogen (secondary N) is 2. The van der Waals surface area contributed by atoms with Gasteiger partial charge in [0.15, 0.2) is 11.4 Å². The van der Waals surface area contributed by atoms with E-state index in [1.165, 1.54) is 13.9 Å². The van der Waals surface area contributed by atoms with Crippen LogP contribution in [0, 0.1) is 34.6 Å². The Morgan fingerprint density at radius 3 is 2.00 bits per heavy atom. The van der Waals surface area contributed by atoms with Crippen molar-refractivity contribution in [3.8, 4) is 5.69 Å². The second-order valence-corrected chi connectivity index (χ2v) is 10.1. The molecule has 0 fully saturated rings. The molecule has 5 aromatic rings. The van der Waals surface area contributed by atoms with Crippen LogP contribution in [0.4, 0.5) is 0 Å². The Morgan fingerprint density at radius 1 is 0.829 bits per heavy atom. The van der Waals surface area contributed by atoms with Gasteiger partial charge >= 0.3 is 5.69 Å². The number of nitrogens with zero attached hydrogens (tertiary/aromatic N) is 8. The maximum absolute atomic E-state index is 13.6. The molecule has 0 aliphatic carbocycles. The highest BCUT2D eigenvalue weighted by Crippen LogP contribution is 2.14. The number of aryl methyl sites for hydroxylation is 6. The molecule has 0 aliphatic rings. The molecule has 1 aromatic carbocycles. The van der Waals surface area contributed by atoms with Gasteiger partial charge in [-0.25, -0.2) is 9.48 Å². The molecule has 41 heavy (non-hydrogen) atoms. The minimum absolute atomic E-state index is 0.0506. The zero-order valence-electron chi connectivity index (χ0n) is 23.2. The summed E-state index contributed by atoms with van der Waals surface area (Å²) in [7, 11) is 0. The first-order chi connectivity index (χ1) is 19.5. The van der Waals surface area contributed by atoms with Crippen LogP contribution in [0.2, 0.25) is 5.02 Å². The van der Waals surface area contributed by atoms with Crippen LogP contribution < -0.4 is 16.5 Å². The second-order valence-electron chi connectivity index (χ2n) is 9.67. The molecule has 4 heterocycles. The van der Waals surface area contributed by atoms with Crippen LogP contribution in [0.25, 0.3) is 5.69 Å². The average Bonchev–Trinajstić information content (AvgIpc) is 3.67. The normalized spacial score (nSPS) is 11.2. The third-order valence-electron chi connectivity index (χ3n) is 6.77. The van der Waals surface area contributed by atoms with E-state index in [0.717, 1.165) is 22.8 Å². The van der Waals surface area contributed by atoms with Gasteiger partial charge in [0.25, 0.3) is 11.8 Å². The van der Waals surface area contributed by atoms with Crippen molar-refractivity contribution in [3.05, 3.63) is 104 Å². The Morgan fingerprint density at radius 2 is 1.41 bits per heavy atom. The van der Waals surface area contributed by atoms with E-state index in [-0.39, 0.29) is 30.2 Å². The Bertz CT molecular complexity index is 1800. The highest BCUT2D eigenvalue weighted by atomic mass is 35.5. The Hall–Kier alpha value is -4.91. The topological polar surface area (TPSA) is 139 Å². The second kappa shape index (κ2) is 10.9. The van der Waals surface area contributed by atoms with Crippen molar-refractivity contribution < 1.29 is 9.59 Å². The fourth-order valence-corrected chi connectivity index (χ4v) is 4.75. The van der Waals surface area contributed by atoms with Crippen molar-refractivity contribution in [3.63, 3.8) is 0 Å². The van der Waals surface area contributed by atoms with Crippen molar-refractivity contribution >= 4 is 23.4 Å². The largest absolute Gasteiger partial charge is 0.350 e. The van der Waals surface area contributed by atoms with E-state index in [0.29, 0.717) is 16.5 Å². The van der Waals surface area contributed by atoms with E-state index in [9.17, 15) is 14.4 Å². The van der Waals surface area contributed by atoms with E-state index in [2.05, 4.69) is 26.3 Å². The van der Waals surface area contributed by atoms with E-state index < -0.39 is 11.8 Å². The van der Waals surface area contributed by atoms with Gasteiger partial charge in [-0.1, -0.05) is 22.9 Å². The number of hydrogen-bond acceptors (Lipinski definition) is 6. The van der Waals surface area contributed by atoms with Crippen molar-refractivity contribution in [1.29, 1.82) is 0 Å². The number of carbonyl (C=O) groups is 2. The van der Waals surface area contributed by atoms with Gasteiger partial charge in [-0.05, 0) is 77.1 Å². The molecule has 0 spiro atoms. The summed E-state index contributed by atoms with van der Waals surface area (Å²) in [6, 6.07) is 14.3. The minimum Gasteiger partial charge on any atom is -0.277 e. The minimum atomic E-state index is -0.605. The molecule has 2 N–H and O–H groups in total. The first kappa shape index (κ1) is 27.6. The maximum Gasteiger partial charge on any atom is 0.350 e. The molecule has 0 bridgehead atoms. The van der Waals surface area contributed by atoms with Crippen LogP contribution in [0.3, 0.4) is 0 Å². The Labute approximate surface area is 239 Å². The summed E-state index contributed by atoms with van der Waals surface area (Å²) in [6.45, 7) is 9.28. The summed E-state index contributed by atoms with van der Waals surface area (Å²) in [5.41, 5.74) is 8.75. The average molecular weight is 577 g/mol. The summed E-state index contributed by atoms with van der Waals surface area (Å²) >= 11 is 6.10. The smallest absolute Gasteiger partial charge is 0.277 e. The van der Waals surface area contributed by atoms with Crippen LogP contribution in [0.15, 0.2) is 53.3 Å². The molecule has 0 aliphatic heterocycles. The van der Waals surface area contributed by atoms with Gasteiger partial charge in [0.05, 0.1) is 12.2 Å². The summed E-state index contributed by atoms with van der Waals surface area (Å²) in [5.74, 6) is -0.731. The van der Waals surface area contributed by atoms with Crippen LogP contribution in [0.1, 0.15) is 49.6 Å². The number of halogens is 1. The Kier molecular flexibility index (Phi) is 7.37. The van der Waals surface area contributed by atoms with E-state index in [4.69, 9.17) is 11.6 Å². The number of benzene rings is 1. The molecule has 2 amide bonds. The van der Waals surface area contributed by atoms with Gasteiger partial charge in [-0.15, -0.1) is 5.10 Å². The lowest BCUT2D eigenvalue weighted by Crippen LogP contribution is -2.32. The third kappa shape index (κ3) is 5.31. The number of amides is 2. The fourth-order valence-electron chi connectivity index (χ4n) is 4.57. The molecular weight excluding hydrogens is 548 g/mol. The molecule has 212 valence electrons. The number of hydrogen-bond donors (Lipinski definition) is 2. The molecule has 0 saturated heterocycles. The number of carbonyl (C=O) groups excluding carboxylic acids is 2. The summed E-state index contributed by atoms with van der Waals surface area (Å²) in [4.78, 5) is 40.2. The van der Waals surface area contributed by atoms with E-state index in [1.807, 2.05) is 52.0 Å². The first-order valence-corrected chi connectivity index (χ1v) is 13.2. The van der Waals surface area contributed by atoms with Gasteiger partial charge in [-0.3, -0.25) is 34.4 Å². The molecule has 0 unspecified atom stereocenters. The quantitative estimate of drug-likeness (QED) is 0.291. The van der Waals surface area contributed by atoms with Gasteiger partial charge in [0, 0.05) is 34.3 Å². The number of rotatable bonds is 8. The highest BCUT2D eigenvalue weighted by molar-refractivity contribution is 6.30. The summed E-state index contributed by atoms with van der Waals surface area (Å²) in [5, 5.41) is 13.0. The summed E-state index contributed by atoms with van der Waals surface area (Å²) < 4.78 is 7.25. The zero-order chi connectivity index (χ0) is 29.4. The zero-order valence-corrected chi connectivity index (χ0v) is 24.0. The number of aromatic nitrogens is 8. The molecular formula is C27H29ClN10O3. The SMILES string of the molecule is Cc1ccc(C)n1NC(=O)c1nnn(CCn2c(C)nn(-c3cccc(Cl)c3)c2=O)c1C(=O)Nn1c(C)ccc1C.